The van der Waals surface area contributed by atoms with Gasteiger partial charge >= 0.3 is 0 Å². The number of allylic oxidation sites excluding steroid dienone is 8. The first-order valence-corrected chi connectivity index (χ1v) is 20.3. The van der Waals surface area contributed by atoms with Gasteiger partial charge in [-0.05, 0) is 96.9 Å². The molecule has 0 aromatic carbocycles. The maximum Gasteiger partial charge on any atom is 0.127 e. The van der Waals surface area contributed by atoms with E-state index in [1.54, 1.807) is 0 Å². The van der Waals surface area contributed by atoms with Crippen molar-refractivity contribution in [3.63, 3.8) is 0 Å². The van der Waals surface area contributed by atoms with E-state index in [9.17, 15) is 0 Å². The summed E-state index contributed by atoms with van der Waals surface area (Å²) in [4.78, 5) is 8.60. The maximum absolute atomic E-state index is 6.21. The van der Waals surface area contributed by atoms with Gasteiger partial charge in [0.05, 0.1) is 5.71 Å². The Bertz CT molecular complexity index is 722. The van der Waals surface area contributed by atoms with Crippen LogP contribution in [0.4, 0.5) is 0 Å². The first-order chi connectivity index (χ1) is 22.8. The lowest BCUT2D eigenvalue weighted by molar-refractivity contribution is 0.0416. The van der Waals surface area contributed by atoms with E-state index in [1.807, 2.05) is 0 Å². The van der Waals surface area contributed by atoms with Gasteiger partial charge in [0.15, 0.2) is 0 Å². The van der Waals surface area contributed by atoms with Crippen molar-refractivity contribution >= 4 is 5.71 Å². The molecule has 0 aromatic rings. The summed E-state index contributed by atoms with van der Waals surface area (Å²) in [6.07, 6.45) is 55.0. The topological polar surface area (TPSA) is 24.8 Å². The van der Waals surface area contributed by atoms with Crippen molar-refractivity contribution in [3.05, 3.63) is 48.6 Å². The summed E-state index contributed by atoms with van der Waals surface area (Å²) < 4.78 is 0. The molecule has 0 saturated carbocycles. The minimum atomic E-state index is 0.309. The fourth-order valence-corrected chi connectivity index (χ4v) is 6.09. The fraction of sp³-hybridized carbons (Fsp3) is 0.791. The summed E-state index contributed by atoms with van der Waals surface area (Å²) in [5.74, 6) is 0. The Morgan fingerprint density at radius 1 is 0.522 bits per heavy atom. The maximum atomic E-state index is 6.21. The van der Waals surface area contributed by atoms with Crippen LogP contribution in [-0.4, -0.2) is 36.9 Å². The van der Waals surface area contributed by atoms with Crippen LogP contribution in [0.15, 0.2) is 53.8 Å². The quantitative estimate of drug-likeness (QED) is 0.0416. The van der Waals surface area contributed by atoms with Gasteiger partial charge in [0.25, 0.3) is 0 Å². The Kier molecular flexibility index (Phi) is 32.0. The zero-order valence-electron chi connectivity index (χ0n) is 31.2. The Hall–Kier alpha value is -1.61. The van der Waals surface area contributed by atoms with E-state index in [0.29, 0.717) is 6.10 Å². The second kappa shape index (κ2) is 34.7. The van der Waals surface area contributed by atoms with Crippen LogP contribution in [0.2, 0.25) is 0 Å². The fourth-order valence-electron chi connectivity index (χ4n) is 6.09. The van der Waals surface area contributed by atoms with Crippen molar-refractivity contribution in [3.8, 4) is 0 Å². The summed E-state index contributed by atoms with van der Waals surface area (Å²) in [5.41, 5.74) is 1.28. The molecule has 266 valence electrons. The highest BCUT2D eigenvalue weighted by Gasteiger charge is 2.14. The van der Waals surface area contributed by atoms with Crippen LogP contribution < -0.4 is 0 Å². The number of hydrogen-bond acceptors (Lipinski definition) is 3. The number of nitrogens with zero attached hydrogens (tertiary/aromatic N) is 2. The zero-order valence-corrected chi connectivity index (χ0v) is 31.2. The summed E-state index contributed by atoms with van der Waals surface area (Å²) in [5, 5.41) is 4.67. The number of piperidine rings is 1. The average molecular weight is 639 g/mol. The molecule has 1 fully saturated rings. The van der Waals surface area contributed by atoms with Crippen LogP contribution in [0, 0.1) is 0 Å². The summed E-state index contributed by atoms with van der Waals surface area (Å²) in [6.45, 7) is 6.77. The Labute approximate surface area is 288 Å². The third-order valence-corrected chi connectivity index (χ3v) is 9.35. The highest BCUT2D eigenvalue weighted by atomic mass is 16.6. The second-order valence-electron chi connectivity index (χ2n) is 13.9. The SMILES string of the molecule is CCCCCC=CCC=CCCCCCCCCC(CCCCCCCCC=CCC=CCCCCC)ON=C1CCN(C)CC1. The Morgan fingerprint density at radius 2 is 0.891 bits per heavy atom. The van der Waals surface area contributed by atoms with Gasteiger partial charge in [0.2, 0.25) is 0 Å². The summed E-state index contributed by atoms with van der Waals surface area (Å²) >= 11 is 0. The van der Waals surface area contributed by atoms with Gasteiger partial charge in [-0.3, -0.25) is 0 Å². The minimum Gasteiger partial charge on any atom is -0.393 e. The molecule has 3 nitrogen and oxygen atoms in total. The van der Waals surface area contributed by atoms with Crippen molar-refractivity contribution < 1.29 is 4.84 Å². The predicted octanol–water partition coefficient (Wildman–Crippen LogP) is 13.9. The third kappa shape index (κ3) is 29.8. The van der Waals surface area contributed by atoms with Crippen LogP contribution in [0.25, 0.3) is 0 Å². The Morgan fingerprint density at radius 3 is 1.30 bits per heavy atom. The molecule has 0 aliphatic carbocycles. The van der Waals surface area contributed by atoms with E-state index in [1.165, 1.54) is 160 Å². The monoisotopic (exact) mass is 639 g/mol. The molecule has 0 unspecified atom stereocenters. The first kappa shape index (κ1) is 42.4. The van der Waals surface area contributed by atoms with Crippen molar-refractivity contribution in [2.45, 2.75) is 200 Å². The lowest BCUT2D eigenvalue weighted by Crippen LogP contribution is -2.30. The molecule has 0 bridgehead atoms. The molecule has 1 heterocycles. The highest BCUT2D eigenvalue weighted by molar-refractivity contribution is 5.84. The van der Waals surface area contributed by atoms with Crippen LogP contribution >= 0.6 is 0 Å². The Balaban J connectivity index is 2.12. The van der Waals surface area contributed by atoms with Crippen LogP contribution in [0.1, 0.15) is 194 Å². The molecule has 0 aromatic heterocycles. The molecular formula is C43H78N2O. The van der Waals surface area contributed by atoms with Gasteiger partial charge in [-0.2, -0.15) is 0 Å². The molecule has 1 aliphatic heterocycles. The van der Waals surface area contributed by atoms with Crippen molar-refractivity contribution in [1.29, 1.82) is 0 Å². The van der Waals surface area contributed by atoms with E-state index in [-0.39, 0.29) is 0 Å². The van der Waals surface area contributed by atoms with Gasteiger partial charge < -0.3 is 9.74 Å². The smallest absolute Gasteiger partial charge is 0.127 e. The van der Waals surface area contributed by atoms with Crippen molar-refractivity contribution in [1.82, 2.24) is 4.90 Å². The predicted molar refractivity (Wildman–Crippen MR) is 207 cm³/mol. The van der Waals surface area contributed by atoms with Gasteiger partial charge in [0, 0.05) is 25.9 Å². The molecule has 0 radical (unpaired) electrons. The molecule has 1 saturated heterocycles. The van der Waals surface area contributed by atoms with E-state index in [0.717, 1.165) is 38.8 Å². The molecule has 0 atom stereocenters. The van der Waals surface area contributed by atoms with Crippen molar-refractivity contribution in [2.24, 2.45) is 5.16 Å². The number of hydrogen-bond donors (Lipinski definition) is 0. The van der Waals surface area contributed by atoms with Crippen LogP contribution in [-0.2, 0) is 4.84 Å². The normalized spacial score (nSPS) is 15.3. The van der Waals surface area contributed by atoms with E-state index in [4.69, 9.17) is 4.84 Å². The number of likely N-dealkylation sites (tertiary alicyclic amines) is 1. The molecule has 3 heteroatoms. The molecule has 0 N–H and O–H groups in total. The molecule has 1 rings (SSSR count). The minimum absolute atomic E-state index is 0.309. The highest BCUT2D eigenvalue weighted by Crippen LogP contribution is 2.18. The second-order valence-corrected chi connectivity index (χ2v) is 13.9. The standard InChI is InChI=1S/C43H78N2O/c1-4-6-8-10-12-14-16-18-20-22-24-26-28-30-32-34-36-43(46-44-42-38-40-45(3)41-39-42)37-35-33-31-29-27-25-23-21-19-17-15-13-11-9-7-5-2/h12-15,18-21,43H,4-11,16-17,22-41H2,1-3H3. The molecule has 46 heavy (non-hydrogen) atoms. The summed E-state index contributed by atoms with van der Waals surface area (Å²) in [7, 11) is 2.21. The lowest BCUT2D eigenvalue weighted by atomic mass is 10.0. The van der Waals surface area contributed by atoms with Gasteiger partial charge in [0.1, 0.15) is 6.10 Å². The van der Waals surface area contributed by atoms with Gasteiger partial charge in [-0.1, -0.05) is 145 Å². The molecule has 0 spiro atoms. The zero-order chi connectivity index (χ0) is 33.0. The third-order valence-electron chi connectivity index (χ3n) is 9.35. The first-order valence-electron chi connectivity index (χ1n) is 20.3. The number of rotatable bonds is 32. The molecular weight excluding hydrogens is 560 g/mol. The molecule has 1 aliphatic rings. The van der Waals surface area contributed by atoms with Crippen LogP contribution in [0.3, 0.4) is 0 Å². The van der Waals surface area contributed by atoms with Crippen molar-refractivity contribution in [2.75, 3.05) is 20.1 Å². The summed E-state index contributed by atoms with van der Waals surface area (Å²) in [6, 6.07) is 0. The number of oxime groups is 1. The average Bonchev–Trinajstić information content (AvgIpc) is 3.07. The lowest BCUT2D eigenvalue weighted by Gasteiger charge is -2.23. The van der Waals surface area contributed by atoms with E-state index in [2.05, 4.69) is 79.6 Å². The van der Waals surface area contributed by atoms with E-state index >= 15 is 0 Å². The van der Waals surface area contributed by atoms with Gasteiger partial charge in [-0.15, -0.1) is 0 Å². The van der Waals surface area contributed by atoms with Crippen LogP contribution in [0.5, 0.6) is 0 Å². The number of unbranched alkanes of at least 4 members (excludes halogenated alkanes) is 18. The largest absolute Gasteiger partial charge is 0.393 e. The molecule has 0 amide bonds. The van der Waals surface area contributed by atoms with E-state index < -0.39 is 0 Å². The van der Waals surface area contributed by atoms with Gasteiger partial charge in [-0.25, -0.2) is 0 Å².